The van der Waals surface area contributed by atoms with Crippen molar-refractivity contribution in [2.24, 2.45) is 0 Å². The first-order valence-corrected chi connectivity index (χ1v) is 10.8. The highest BCUT2D eigenvalue weighted by molar-refractivity contribution is 7.99. The van der Waals surface area contributed by atoms with Crippen molar-refractivity contribution in [2.75, 3.05) is 24.6 Å². The summed E-state index contributed by atoms with van der Waals surface area (Å²) >= 11 is 2.00. The average Bonchev–Trinajstić information content (AvgIpc) is 3.02. The third kappa shape index (κ3) is 2.86. The topological polar surface area (TPSA) is 76.6 Å². The largest absolute Gasteiger partial charge is 0.362 e. The molecule has 6 heteroatoms. The van der Waals surface area contributed by atoms with Gasteiger partial charge in [0, 0.05) is 60.7 Å². The molecule has 2 aliphatic carbocycles. The fourth-order valence-electron chi connectivity index (χ4n) is 4.85. The van der Waals surface area contributed by atoms with Crippen LogP contribution in [0.15, 0.2) is 23.0 Å². The first-order valence-electron chi connectivity index (χ1n) is 9.69. The second kappa shape index (κ2) is 6.48. The Kier molecular flexibility index (Phi) is 4.20. The number of nitrogens with zero attached hydrogens (tertiary/aromatic N) is 1. The summed E-state index contributed by atoms with van der Waals surface area (Å²) < 4.78 is 0. The molecular weight excluding hydrogens is 360 g/mol. The van der Waals surface area contributed by atoms with Gasteiger partial charge in [-0.3, -0.25) is 9.69 Å². The van der Waals surface area contributed by atoms with Crippen LogP contribution in [0.2, 0.25) is 0 Å². The maximum Gasteiger partial charge on any atom is 0.252 e. The van der Waals surface area contributed by atoms with Crippen LogP contribution in [0.3, 0.4) is 0 Å². The summed E-state index contributed by atoms with van der Waals surface area (Å²) in [5, 5.41) is 21.2. The zero-order valence-corrected chi connectivity index (χ0v) is 16.1. The number of hydrogen-bond acceptors (Lipinski definition) is 5. The molecule has 2 heterocycles. The third-order valence-corrected chi connectivity index (χ3v) is 7.11. The lowest BCUT2D eigenvalue weighted by Crippen LogP contribution is -2.35. The number of benzene rings is 1. The van der Waals surface area contributed by atoms with Crippen molar-refractivity contribution >= 4 is 11.8 Å². The fourth-order valence-corrected chi connectivity index (χ4v) is 5.83. The van der Waals surface area contributed by atoms with E-state index in [4.69, 9.17) is 0 Å². The molecule has 1 fully saturated rings. The molecule has 3 N–H and O–H groups in total. The Bertz CT molecular complexity index is 961. The summed E-state index contributed by atoms with van der Waals surface area (Å²) in [6.07, 6.45) is 2.17. The third-order valence-electron chi connectivity index (χ3n) is 6.16. The second-order valence-corrected chi connectivity index (χ2v) is 9.06. The van der Waals surface area contributed by atoms with Gasteiger partial charge >= 0.3 is 0 Å². The summed E-state index contributed by atoms with van der Waals surface area (Å²) in [7, 11) is 0. The van der Waals surface area contributed by atoms with E-state index in [1.54, 1.807) is 0 Å². The van der Waals surface area contributed by atoms with Crippen molar-refractivity contribution in [3.63, 3.8) is 0 Å². The van der Waals surface area contributed by atoms with Crippen molar-refractivity contribution in [3.8, 4) is 11.3 Å². The van der Waals surface area contributed by atoms with Gasteiger partial charge in [-0.15, -0.1) is 0 Å². The van der Waals surface area contributed by atoms with Crippen LogP contribution in [-0.2, 0) is 25.2 Å². The second-order valence-electron chi connectivity index (χ2n) is 7.84. The van der Waals surface area contributed by atoms with E-state index in [0.717, 1.165) is 36.5 Å². The lowest BCUT2D eigenvalue weighted by atomic mass is 9.84. The van der Waals surface area contributed by atoms with Gasteiger partial charge in [0.15, 0.2) is 5.79 Å². The Morgan fingerprint density at radius 3 is 2.78 bits per heavy atom. The molecule has 0 bridgehead atoms. The van der Waals surface area contributed by atoms with E-state index in [0.29, 0.717) is 30.4 Å². The van der Waals surface area contributed by atoms with Crippen LogP contribution >= 0.6 is 11.8 Å². The molecule has 0 radical (unpaired) electrons. The zero-order valence-electron chi connectivity index (χ0n) is 15.3. The van der Waals surface area contributed by atoms with Crippen LogP contribution < -0.4 is 5.56 Å². The Morgan fingerprint density at radius 1 is 1.15 bits per heavy atom. The molecule has 1 saturated heterocycles. The molecule has 27 heavy (non-hydrogen) atoms. The summed E-state index contributed by atoms with van der Waals surface area (Å²) in [5.74, 6) is 0.444. The normalized spacial score (nSPS) is 20.8. The van der Waals surface area contributed by atoms with Gasteiger partial charge in [0.05, 0.1) is 5.69 Å². The standard InChI is InChI=1S/C21H24N2O3S/c24-20-15-5-2-6-21(25,26)18(15)17-11-16-13(12-23-7-9-27-10-8-23)3-1-4-14(16)19(17)22-20/h1,3-4,25-26H,2,5-12H2,(H,22,24). The monoisotopic (exact) mass is 384 g/mol. The maximum atomic E-state index is 12.6. The SMILES string of the molecule is O=c1[nH]c2c(c3c1CCCC3(O)O)Cc1c(CN3CCSCC3)cccc1-2. The van der Waals surface area contributed by atoms with Crippen molar-refractivity contribution in [2.45, 2.75) is 38.0 Å². The number of aromatic amines is 1. The minimum atomic E-state index is -1.90. The number of aromatic nitrogens is 1. The fraction of sp³-hybridized carbons (Fsp3) is 0.476. The molecule has 5 nitrogen and oxygen atoms in total. The number of rotatable bonds is 2. The Balaban J connectivity index is 1.60. The highest BCUT2D eigenvalue weighted by Gasteiger charge is 2.39. The Labute approximate surface area is 162 Å². The summed E-state index contributed by atoms with van der Waals surface area (Å²) in [4.78, 5) is 18.2. The van der Waals surface area contributed by atoms with E-state index >= 15 is 0 Å². The van der Waals surface area contributed by atoms with E-state index in [9.17, 15) is 15.0 Å². The number of thioether (sulfide) groups is 1. The average molecular weight is 385 g/mol. The van der Waals surface area contributed by atoms with Crippen molar-refractivity contribution < 1.29 is 10.2 Å². The van der Waals surface area contributed by atoms with Gasteiger partial charge in [0.25, 0.3) is 5.56 Å². The van der Waals surface area contributed by atoms with Gasteiger partial charge in [-0.2, -0.15) is 11.8 Å². The summed E-state index contributed by atoms with van der Waals surface area (Å²) in [6.45, 7) is 3.11. The lowest BCUT2D eigenvalue weighted by molar-refractivity contribution is -0.179. The van der Waals surface area contributed by atoms with Gasteiger partial charge < -0.3 is 15.2 Å². The van der Waals surface area contributed by atoms with Crippen LogP contribution in [0, 0.1) is 0 Å². The smallest absolute Gasteiger partial charge is 0.252 e. The van der Waals surface area contributed by atoms with Crippen LogP contribution in [0.4, 0.5) is 0 Å². The first kappa shape index (κ1) is 17.5. The minimum Gasteiger partial charge on any atom is -0.362 e. The molecule has 0 saturated carbocycles. The van der Waals surface area contributed by atoms with Gasteiger partial charge in [0.1, 0.15) is 0 Å². The van der Waals surface area contributed by atoms with E-state index in [1.807, 2.05) is 23.9 Å². The zero-order chi connectivity index (χ0) is 18.6. The van der Waals surface area contributed by atoms with Crippen molar-refractivity contribution in [1.82, 2.24) is 9.88 Å². The Hall–Kier alpha value is -1.60. The number of fused-ring (bicyclic) bond motifs is 5. The molecule has 0 spiro atoms. The quantitative estimate of drug-likeness (QED) is 0.589. The van der Waals surface area contributed by atoms with Crippen LogP contribution in [0.5, 0.6) is 0 Å². The van der Waals surface area contributed by atoms with E-state index in [2.05, 4.69) is 16.0 Å². The van der Waals surface area contributed by atoms with Crippen molar-refractivity contribution in [1.29, 1.82) is 0 Å². The van der Waals surface area contributed by atoms with E-state index in [-0.39, 0.29) is 12.0 Å². The molecule has 1 aromatic heterocycles. The molecule has 1 aliphatic heterocycles. The highest BCUT2D eigenvalue weighted by Crippen LogP contribution is 2.44. The highest BCUT2D eigenvalue weighted by atomic mass is 32.2. The first-order chi connectivity index (χ1) is 13.0. The number of H-pyrrole nitrogens is 1. The molecule has 0 amide bonds. The van der Waals surface area contributed by atoms with E-state index < -0.39 is 5.79 Å². The van der Waals surface area contributed by atoms with Gasteiger partial charge in [-0.25, -0.2) is 0 Å². The molecule has 5 rings (SSSR count). The predicted octanol–water partition coefficient (Wildman–Crippen LogP) is 1.97. The van der Waals surface area contributed by atoms with Crippen LogP contribution in [0.25, 0.3) is 11.3 Å². The minimum absolute atomic E-state index is 0.178. The van der Waals surface area contributed by atoms with Gasteiger partial charge in [-0.1, -0.05) is 18.2 Å². The van der Waals surface area contributed by atoms with Gasteiger partial charge in [-0.05, 0) is 29.5 Å². The van der Waals surface area contributed by atoms with Gasteiger partial charge in [0.2, 0.25) is 0 Å². The molecule has 1 aromatic carbocycles. The molecule has 0 unspecified atom stereocenters. The predicted molar refractivity (Wildman–Crippen MR) is 107 cm³/mol. The summed E-state index contributed by atoms with van der Waals surface area (Å²) in [6, 6.07) is 6.26. The van der Waals surface area contributed by atoms with Crippen molar-refractivity contribution in [3.05, 3.63) is 56.4 Å². The molecular formula is C21H24N2O3S. The number of nitrogens with one attached hydrogen (secondary N) is 1. The summed E-state index contributed by atoms with van der Waals surface area (Å²) in [5.41, 5.74) is 6.04. The van der Waals surface area contributed by atoms with Crippen LogP contribution in [0.1, 0.15) is 40.7 Å². The molecule has 0 atom stereocenters. The number of pyridine rings is 1. The number of aliphatic hydroxyl groups is 2. The van der Waals surface area contributed by atoms with E-state index in [1.165, 1.54) is 22.6 Å². The maximum absolute atomic E-state index is 12.6. The van der Waals surface area contributed by atoms with Crippen LogP contribution in [-0.4, -0.2) is 44.7 Å². The Morgan fingerprint density at radius 2 is 1.96 bits per heavy atom. The molecule has 2 aromatic rings. The molecule has 3 aliphatic rings. The molecule has 142 valence electrons. The number of hydrogen-bond donors (Lipinski definition) is 3. The lowest BCUT2D eigenvalue weighted by Gasteiger charge is -2.31.